The van der Waals surface area contributed by atoms with Crippen LogP contribution in [0.2, 0.25) is 0 Å². The van der Waals surface area contributed by atoms with Gasteiger partial charge in [-0.1, -0.05) is 26.0 Å². The lowest BCUT2D eigenvalue weighted by Crippen LogP contribution is -2.28. The number of rotatable bonds is 6. The van der Waals surface area contributed by atoms with E-state index in [9.17, 15) is 8.42 Å². The van der Waals surface area contributed by atoms with Crippen LogP contribution in [-0.4, -0.2) is 23.2 Å². The van der Waals surface area contributed by atoms with E-state index in [0.29, 0.717) is 11.7 Å². The van der Waals surface area contributed by atoms with Gasteiger partial charge in [-0.25, -0.2) is 13.1 Å². The first-order valence-corrected chi connectivity index (χ1v) is 8.79. The van der Waals surface area contributed by atoms with Crippen molar-refractivity contribution in [3.05, 3.63) is 42.0 Å². The first-order chi connectivity index (χ1) is 10.3. The Morgan fingerprint density at radius 2 is 1.86 bits per heavy atom. The summed E-state index contributed by atoms with van der Waals surface area (Å²) in [7, 11) is -1.80. The first kappa shape index (κ1) is 16.6. The molecule has 2 rings (SSSR count). The van der Waals surface area contributed by atoms with Crippen LogP contribution < -0.4 is 4.72 Å². The Hall–Kier alpha value is -1.73. The standard InChI is InChI=1S/C15H22N4O2S/c1-5-11(2)13-6-8-14(9-7-13)22(20,21)18-12(3)15-17-16-10-19(15)4/h6-12,18H,5H2,1-4H3/t11-,12+/m1/s1. The van der Waals surface area contributed by atoms with E-state index < -0.39 is 16.1 Å². The fourth-order valence-electron chi connectivity index (χ4n) is 2.25. The van der Waals surface area contributed by atoms with Gasteiger partial charge in [0.2, 0.25) is 10.0 Å². The summed E-state index contributed by atoms with van der Waals surface area (Å²) in [4.78, 5) is 0.258. The molecule has 1 N–H and O–H groups in total. The molecule has 1 heterocycles. The van der Waals surface area contributed by atoms with Crippen LogP contribution in [-0.2, 0) is 17.1 Å². The maximum Gasteiger partial charge on any atom is 0.241 e. The lowest BCUT2D eigenvalue weighted by molar-refractivity contribution is 0.553. The molecule has 2 aromatic rings. The zero-order valence-corrected chi connectivity index (χ0v) is 14.1. The van der Waals surface area contributed by atoms with Crippen molar-refractivity contribution in [1.82, 2.24) is 19.5 Å². The molecule has 22 heavy (non-hydrogen) atoms. The van der Waals surface area contributed by atoms with Crippen molar-refractivity contribution in [1.29, 1.82) is 0 Å². The van der Waals surface area contributed by atoms with Gasteiger partial charge in [0, 0.05) is 7.05 Å². The van der Waals surface area contributed by atoms with Gasteiger partial charge in [0.15, 0.2) is 0 Å². The Bertz CT molecular complexity index is 722. The fourth-order valence-corrected chi connectivity index (χ4v) is 3.45. The van der Waals surface area contributed by atoms with Gasteiger partial charge < -0.3 is 4.57 Å². The van der Waals surface area contributed by atoms with Crippen molar-refractivity contribution >= 4 is 10.0 Å². The van der Waals surface area contributed by atoms with Crippen molar-refractivity contribution < 1.29 is 8.42 Å². The van der Waals surface area contributed by atoms with Crippen molar-refractivity contribution in [2.45, 2.75) is 44.0 Å². The van der Waals surface area contributed by atoms with Crippen LogP contribution in [0.4, 0.5) is 0 Å². The Kier molecular flexibility index (Phi) is 4.97. The van der Waals surface area contributed by atoms with Crippen LogP contribution >= 0.6 is 0 Å². The highest BCUT2D eigenvalue weighted by Gasteiger charge is 2.21. The second-order valence-corrected chi connectivity index (χ2v) is 7.24. The van der Waals surface area contributed by atoms with E-state index in [0.717, 1.165) is 12.0 Å². The molecule has 0 bridgehead atoms. The molecule has 0 fully saturated rings. The van der Waals surface area contributed by atoms with Crippen LogP contribution in [0.15, 0.2) is 35.5 Å². The van der Waals surface area contributed by atoms with Gasteiger partial charge in [0.05, 0.1) is 10.9 Å². The summed E-state index contributed by atoms with van der Waals surface area (Å²) in [5.41, 5.74) is 1.14. The van der Waals surface area contributed by atoms with Crippen LogP contribution in [0.5, 0.6) is 0 Å². The van der Waals surface area contributed by atoms with Gasteiger partial charge in [-0.15, -0.1) is 10.2 Å². The SMILES string of the molecule is CC[C@@H](C)c1ccc(S(=O)(=O)N[C@@H](C)c2nncn2C)cc1. The first-order valence-electron chi connectivity index (χ1n) is 7.31. The number of aromatic nitrogens is 3. The average molecular weight is 322 g/mol. The molecule has 0 unspecified atom stereocenters. The summed E-state index contributed by atoms with van der Waals surface area (Å²) in [5, 5.41) is 7.69. The van der Waals surface area contributed by atoms with E-state index in [2.05, 4.69) is 28.8 Å². The lowest BCUT2D eigenvalue weighted by atomic mass is 9.99. The normalized spacial score (nSPS) is 14.7. The molecule has 2 atom stereocenters. The summed E-state index contributed by atoms with van der Waals surface area (Å²) in [6.07, 6.45) is 2.56. The Balaban J connectivity index is 2.18. The second-order valence-electron chi connectivity index (χ2n) is 5.52. The molecule has 120 valence electrons. The van der Waals surface area contributed by atoms with Crippen molar-refractivity contribution in [2.24, 2.45) is 7.05 Å². The van der Waals surface area contributed by atoms with E-state index in [1.165, 1.54) is 0 Å². The van der Waals surface area contributed by atoms with E-state index in [1.54, 1.807) is 37.0 Å². The minimum atomic E-state index is -3.58. The maximum atomic E-state index is 12.4. The zero-order valence-electron chi connectivity index (χ0n) is 13.3. The molecule has 0 radical (unpaired) electrons. The van der Waals surface area contributed by atoms with E-state index in [4.69, 9.17) is 0 Å². The molecule has 0 aliphatic heterocycles. The van der Waals surface area contributed by atoms with Crippen LogP contribution in [0.1, 0.15) is 50.5 Å². The Morgan fingerprint density at radius 3 is 2.36 bits per heavy atom. The largest absolute Gasteiger partial charge is 0.319 e. The van der Waals surface area contributed by atoms with E-state index in [1.807, 2.05) is 12.1 Å². The Morgan fingerprint density at radius 1 is 1.23 bits per heavy atom. The minimum Gasteiger partial charge on any atom is -0.319 e. The molecule has 1 aromatic carbocycles. The number of hydrogen-bond acceptors (Lipinski definition) is 4. The number of benzene rings is 1. The molecular formula is C15H22N4O2S. The van der Waals surface area contributed by atoms with Crippen molar-refractivity contribution in [2.75, 3.05) is 0 Å². The molecule has 1 aromatic heterocycles. The van der Waals surface area contributed by atoms with Crippen LogP contribution in [0.25, 0.3) is 0 Å². The fraction of sp³-hybridized carbons (Fsp3) is 0.467. The second kappa shape index (κ2) is 6.58. The molecule has 0 spiro atoms. The molecule has 0 aliphatic rings. The minimum absolute atomic E-state index is 0.258. The summed E-state index contributed by atoms with van der Waals surface area (Å²) >= 11 is 0. The number of aryl methyl sites for hydroxylation is 1. The molecule has 6 nitrogen and oxygen atoms in total. The monoisotopic (exact) mass is 322 g/mol. The van der Waals surface area contributed by atoms with Gasteiger partial charge in [0.1, 0.15) is 12.2 Å². The van der Waals surface area contributed by atoms with Crippen molar-refractivity contribution in [3.8, 4) is 0 Å². The molecule has 0 aliphatic carbocycles. The smallest absolute Gasteiger partial charge is 0.241 e. The van der Waals surface area contributed by atoms with Gasteiger partial charge in [-0.3, -0.25) is 0 Å². The van der Waals surface area contributed by atoms with Gasteiger partial charge in [-0.05, 0) is 37.0 Å². The quantitative estimate of drug-likeness (QED) is 0.886. The zero-order chi connectivity index (χ0) is 16.3. The molecule has 0 saturated carbocycles. The third-order valence-electron chi connectivity index (χ3n) is 3.84. The van der Waals surface area contributed by atoms with Gasteiger partial charge in [0.25, 0.3) is 0 Å². The number of nitrogens with zero attached hydrogens (tertiary/aromatic N) is 3. The third-order valence-corrected chi connectivity index (χ3v) is 5.39. The topological polar surface area (TPSA) is 76.9 Å². The Labute approximate surface area is 131 Å². The molecule has 7 heteroatoms. The summed E-state index contributed by atoms with van der Waals surface area (Å²) in [6.45, 7) is 5.98. The van der Waals surface area contributed by atoms with E-state index >= 15 is 0 Å². The highest BCUT2D eigenvalue weighted by molar-refractivity contribution is 7.89. The van der Waals surface area contributed by atoms with Crippen LogP contribution in [0, 0.1) is 0 Å². The number of hydrogen-bond donors (Lipinski definition) is 1. The predicted octanol–water partition coefficient (Wildman–Crippen LogP) is 2.37. The highest BCUT2D eigenvalue weighted by Crippen LogP contribution is 2.21. The third kappa shape index (κ3) is 3.53. The number of nitrogens with one attached hydrogen (secondary N) is 1. The predicted molar refractivity (Wildman–Crippen MR) is 84.9 cm³/mol. The van der Waals surface area contributed by atoms with Crippen LogP contribution in [0.3, 0.4) is 0 Å². The molecule has 0 saturated heterocycles. The summed E-state index contributed by atoms with van der Waals surface area (Å²) < 4.78 is 29.2. The van der Waals surface area contributed by atoms with Gasteiger partial charge in [-0.2, -0.15) is 0 Å². The molecule has 0 amide bonds. The van der Waals surface area contributed by atoms with E-state index in [-0.39, 0.29) is 4.90 Å². The van der Waals surface area contributed by atoms with Crippen molar-refractivity contribution in [3.63, 3.8) is 0 Å². The van der Waals surface area contributed by atoms with Gasteiger partial charge >= 0.3 is 0 Å². The summed E-state index contributed by atoms with van der Waals surface area (Å²) in [5.74, 6) is 0.988. The molecular weight excluding hydrogens is 300 g/mol. The maximum absolute atomic E-state index is 12.4. The summed E-state index contributed by atoms with van der Waals surface area (Å²) in [6, 6.07) is 6.58. The highest BCUT2D eigenvalue weighted by atomic mass is 32.2. The number of sulfonamides is 1. The average Bonchev–Trinajstić information content (AvgIpc) is 2.92. The lowest BCUT2D eigenvalue weighted by Gasteiger charge is -2.14.